The van der Waals surface area contributed by atoms with E-state index in [1.54, 1.807) is 36.4 Å². The number of piperidine rings is 2. The summed E-state index contributed by atoms with van der Waals surface area (Å²) in [6.07, 6.45) is 4.96. The molecule has 0 radical (unpaired) electrons. The second-order valence-electron chi connectivity index (χ2n) is 15.2. The molecule has 1 unspecified atom stereocenters. The van der Waals surface area contributed by atoms with Gasteiger partial charge in [0.15, 0.2) is 11.5 Å². The standard InChI is InChI=1S/C41H42ClN9O6/c42-33-22-30(5-1-26(33)23-43)57-29-6-2-27(3-7-29)44-38(53)34-9-11-36(47-46-34)50-15-13-25(14-16-50)24-48-17-19-49(20-18-48)28-4-8-31-32(21-28)41(56)51(40(31)55)35-10-12-37(52)45-39(35)54/h1,4-5,8-9,11,21-22,25,29,35H,2-3,6-7,10,12-20,24H2,(H,45,52,54). The molecule has 5 aliphatic rings. The minimum absolute atomic E-state index is 0.0225. The molecule has 15 nitrogen and oxygen atoms in total. The number of aromatic nitrogens is 2. The highest BCUT2D eigenvalue weighted by Gasteiger charge is 2.45. The summed E-state index contributed by atoms with van der Waals surface area (Å²) in [5.74, 6) is -0.479. The maximum absolute atomic E-state index is 13.3. The van der Waals surface area contributed by atoms with Gasteiger partial charge in [-0.05, 0) is 93.3 Å². The molecule has 3 aromatic rings. The van der Waals surface area contributed by atoms with Crippen LogP contribution in [-0.4, -0.2) is 113 Å². The topological polar surface area (TPSA) is 181 Å². The van der Waals surface area contributed by atoms with Crippen molar-refractivity contribution >= 4 is 58.4 Å². The molecule has 2 aromatic carbocycles. The van der Waals surface area contributed by atoms with E-state index in [-0.39, 0.29) is 30.2 Å². The second-order valence-corrected chi connectivity index (χ2v) is 15.6. The van der Waals surface area contributed by atoms with Crippen molar-refractivity contribution < 1.29 is 28.7 Å². The van der Waals surface area contributed by atoms with Crippen LogP contribution in [0.15, 0.2) is 53.5 Å². The smallest absolute Gasteiger partial charge is 0.297 e. The summed E-state index contributed by atoms with van der Waals surface area (Å²) >= 11 is 6.13. The fourth-order valence-electron chi connectivity index (χ4n) is 8.37. The van der Waals surface area contributed by atoms with Crippen LogP contribution in [0.2, 0.25) is 5.02 Å². The summed E-state index contributed by atoms with van der Waals surface area (Å²) in [4.78, 5) is 75.6. The van der Waals surface area contributed by atoms with Gasteiger partial charge in [0.05, 0.1) is 27.8 Å². The maximum Gasteiger partial charge on any atom is 0.297 e. The fourth-order valence-corrected chi connectivity index (χ4v) is 8.58. The Morgan fingerprint density at radius 2 is 1.60 bits per heavy atom. The van der Waals surface area contributed by atoms with Crippen LogP contribution in [0.3, 0.4) is 0 Å². The molecule has 0 spiro atoms. The minimum atomic E-state index is -0.979. The number of piperazine rings is 1. The monoisotopic (exact) mass is 791 g/mol. The molecule has 5 heterocycles. The van der Waals surface area contributed by atoms with Crippen molar-refractivity contribution in [1.82, 2.24) is 25.3 Å². The van der Waals surface area contributed by atoms with Crippen molar-refractivity contribution in [1.29, 1.82) is 5.26 Å². The van der Waals surface area contributed by atoms with Gasteiger partial charge in [-0.25, -0.2) is 4.99 Å². The Labute approximate surface area is 334 Å². The van der Waals surface area contributed by atoms with E-state index in [0.29, 0.717) is 40.7 Å². The first kappa shape index (κ1) is 38.2. The van der Waals surface area contributed by atoms with E-state index < -0.39 is 35.6 Å². The van der Waals surface area contributed by atoms with E-state index in [0.717, 1.165) is 93.6 Å². The number of benzene rings is 2. The third-order valence-corrected chi connectivity index (χ3v) is 11.9. The van der Waals surface area contributed by atoms with Crippen LogP contribution in [-0.2, 0) is 9.59 Å². The van der Waals surface area contributed by atoms with Gasteiger partial charge in [0.1, 0.15) is 17.9 Å². The third-order valence-electron chi connectivity index (χ3n) is 11.6. The van der Waals surface area contributed by atoms with Gasteiger partial charge in [0.25, 0.3) is 17.7 Å². The minimum Gasteiger partial charge on any atom is -0.490 e. The summed E-state index contributed by atoms with van der Waals surface area (Å²) in [5.41, 5.74) is 2.90. The number of imide groups is 2. The van der Waals surface area contributed by atoms with Crippen molar-refractivity contribution in [3.8, 4) is 11.8 Å². The first-order chi connectivity index (χ1) is 27.6. The van der Waals surface area contributed by atoms with Crippen molar-refractivity contribution in [3.05, 3.63) is 75.9 Å². The Bertz CT molecular complexity index is 2160. The van der Waals surface area contributed by atoms with E-state index in [9.17, 15) is 24.0 Å². The van der Waals surface area contributed by atoms with Gasteiger partial charge in [-0.1, -0.05) is 11.6 Å². The van der Waals surface area contributed by atoms with Gasteiger partial charge in [-0.15, -0.1) is 10.2 Å². The molecular weight excluding hydrogens is 750 g/mol. The number of anilines is 2. The van der Waals surface area contributed by atoms with Crippen LogP contribution in [0.4, 0.5) is 11.5 Å². The molecule has 1 N–H and O–H groups in total. The predicted molar refractivity (Wildman–Crippen MR) is 210 cm³/mol. The Morgan fingerprint density at radius 3 is 2.28 bits per heavy atom. The predicted octanol–water partition coefficient (Wildman–Crippen LogP) is 4.04. The lowest BCUT2D eigenvalue weighted by Crippen LogP contribution is -2.54. The molecule has 1 saturated carbocycles. The Kier molecular flexibility index (Phi) is 11.0. The van der Waals surface area contributed by atoms with Gasteiger partial charge in [0, 0.05) is 69.7 Å². The molecule has 4 fully saturated rings. The maximum atomic E-state index is 13.3. The van der Waals surface area contributed by atoms with E-state index >= 15 is 0 Å². The molecule has 1 atom stereocenters. The quantitative estimate of drug-likeness (QED) is 0.324. The molecule has 3 saturated heterocycles. The Morgan fingerprint density at radius 1 is 0.842 bits per heavy atom. The van der Waals surface area contributed by atoms with Crippen LogP contribution in [0.1, 0.15) is 88.1 Å². The highest BCUT2D eigenvalue weighted by molar-refractivity contribution is 6.31. The number of carbonyl (C=O) groups excluding carboxylic acids is 5. The molecule has 1 aromatic heterocycles. The number of nitriles is 1. The van der Waals surface area contributed by atoms with Crippen molar-refractivity contribution in [2.24, 2.45) is 10.9 Å². The molecule has 8 rings (SSSR count). The zero-order valence-electron chi connectivity index (χ0n) is 31.4. The molecule has 0 bridgehead atoms. The Hall–Kier alpha value is -5.72. The zero-order valence-corrected chi connectivity index (χ0v) is 32.1. The highest BCUT2D eigenvalue weighted by atomic mass is 35.5. The van der Waals surface area contributed by atoms with Gasteiger partial charge < -0.3 is 14.5 Å². The summed E-state index contributed by atoms with van der Waals surface area (Å²) in [5, 5.41) is 20.3. The van der Waals surface area contributed by atoms with Gasteiger partial charge >= 0.3 is 0 Å². The lowest BCUT2D eigenvalue weighted by molar-refractivity contribution is -0.136. The first-order valence-corrected chi connectivity index (χ1v) is 19.9. The normalized spacial score (nSPS) is 22.0. The van der Waals surface area contributed by atoms with E-state index in [1.807, 2.05) is 18.2 Å². The summed E-state index contributed by atoms with van der Waals surface area (Å²) in [6.45, 7) is 6.02. The summed E-state index contributed by atoms with van der Waals surface area (Å²) < 4.78 is 6.05. The van der Waals surface area contributed by atoms with Crippen molar-refractivity contribution in [3.63, 3.8) is 0 Å². The molecular formula is C41H42ClN9O6. The Balaban J connectivity index is 0.766. The SMILES string of the molecule is N#Cc1ccc(OC2CCC(=NC(=O)c3ccc(N4CCC(CN5CCN(c6ccc7c(c6)C(=O)N(C6CCC(=O)NC6=O)C7=O)CC5)CC4)nn3)CC2)cc1Cl. The molecule has 294 valence electrons. The largest absolute Gasteiger partial charge is 0.490 e. The lowest BCUT2D eigenvalue weighted by atomic mass is 9.95. The number of fused-ring (bicyclic) bond motifs is 1. The number of nitrogens with one attached hydrogen (secondary N) is 1. The molecule has 4 aliphatic heterocycles. The van der Waals surface area contributed by atoms with E-state index in [1.165, 1.54) is 0 Å². The van der Waals surface area contributed by atoms with E-state index in [2.05, 4.69) is 35.2 Å². The number of ether oxygens (including phenoxy) is 1. The number of carbonyl (C=O) groups is 5. The average Bonchev–Trinajstić information content (AvgIpc) is 3.47. The van der Waals surface area contributed by atoms with Gasteiger partial charge in [-0.2, -0.15) is 5.26 Å². The van der Waals surface area contributed by atoms with Crippen LogP contribution in [0, 0.1) is 17.2 Å². The van der Waals surface area contributed by atoms with Crippen LogP contribution in [0.25, 0.3) is 0 Å². The molecule has 5 amide bonds. The van der Waals surface area contributed by atoms with Gasteiger partial charge in [-0.3, -0.25) is 39.1 Å². The van der Waals surface area contributed by atoms with E-state index in [4.69, 9.17) is 21.6 Å². The third kappa shape index (κ3) is 8.24. The second kappa shape index (κ2) is 16.4. The van der Waals surface area contributed by atoms with Gasteiger partial charge in [0.2, 0.25) is 11.8 Å². The van der Waals surface area contributed by atoms with Crippen LogP contribution in [0.5, 0.6) is 5.75 Å². The summed E-state index contributed by atoms with van der Waals surface area (Å²) in [7, 11) is 0. The number of amides is 5. The number of halogens is 1. The number of rotatable bonds is 8. The number of nitrogens with zero attached hydrogens (tertiary/aromatic N) is 8. The average molecular weight is 792 g/mol. The van der Waals surface area contributed by atoms with Crippen molar-refractivity contribution in [2.75, 3.05) is 55.6 Å². The number of hydrogen-bond acceptors (Lipinski definition) is 12. The zero-order chi connectivity index (χ0) is 39.6. The highest BCUT2D eigenvalue weighted by Crippen LogP contribution is 2.32. The van der Waals surface area contributed by atoms with Crippen LogP contribution >= 0.6 is 11.6 Å². The van der Waals surface area contributed by atoms with Crippen molar-refractivity contribution in [2.45, 2.75) is 63.5 Å². The number of hydrogen-bond donors (Lipinski definition) is 1. The molecule has 16 heteroatoms. The van der Waals surface area contributed by atoms with Crippen LogP contribution < -0.4 is 19.9 Å². The molecule has 1 aliphatic carbocycles. The molecule has 57 heavy (non-hydrogen) atoms. The first-order valence-electron chi connectivity index (χ1n) is 19.5. The fraction of sp³-hybridized carbons (Fsp3) is 0.439. The number of aliphatic imine (C=N–C) groups is 1. The summed E-state index contributed by atoms with van der Waals surface area (Å²) in [6, 6.07) is 14.9. The lowest BCUT2D eigenvalue weighted by Gasteiger charge is -2.39.